The van der Waals surface area contributed by atoms with Crippen molar-refractivity contribution >= 4 is 0 Å². The number of fused-ring (bicyclic) bond motifs is 1. The van der Waals surface area contributed by atoms with Crippen molar-refractivity contribution in [2.75, 3.05) is 19.8 Å². The second-order valence-electron chi connectivity index (χ2n) is 5.07. The second kappa shape index (κ2) is 6.63. The summed E-state index contributed by atoms with van der Waals surface area (Å²) in [5.41, 5.74) is 1.86. The molecule has 112 valence electrons. The van der Waals surface area contributed by atoms with Crippen LogP contribution < -0.4 is 14.8 Å². The first kappa shape index (κ1) is 13.9. The van der Waals surface area contributed by atoms with Gasteiger partial charge in [0, 0.05) is 24.6 Å². The van der Waals surface area contributed by atoms with E-state index >= 15 is 0 Å². The maximum Gasteiger partial charge on any atom is 0.167 e. The average molecular weight is 288 g/mol. The molecule has 0 unspecified atom stereocenters. The number of rotatable bonds is 5. The summed E-state index contributed by atoms with van der Waals surface area (Å²) in [5.74, 6) is 2.31. The first-order chi connectivity index (χ1) is 10.4. The van der Waals surface area contributed by atoms with Crippen LogP contribution >= 0.6 is 0 Å². The lowest BCUT2D eigenvalue weighted by Gasteiger charge is -2.07. The molecule has 1 aliphatic rings. The Morgan fingerprint density at radius 1 is 1.14 bits per heavy atom. The van der Waals surface area contributed by atoms with Crippen molar-refractivity contribution in [3.63, 3.8) is 0 Å². The van der Waals surface area contributed by atoms with Gasteiger partial charge in [-0.3, -0.25) is 0 Å². The quantitative estimate of drug-likeness (QED) is 0.857. The highest BCUT2D eigenvalue weighted by atomic mass is 16.5. The minimum atomic E-state index is 0.680. The zero-order valence-electron chi connectivity index (χ0n) is 12.2. The fourth-order valence-corrected chi connectivity index (χ4v) is 2.24. The van der Waals surface area contributed by atoms with Gasteiger partial charge in [0.15, 0.2) is 17.3 Å². The number of aromatic nitrogens is 1. The third-order valence-electron chi connectivity index (χ3n) is 3.32. The van der Waals surface area contributed by atoms with E-state index in [1.54, 1.807) is 0 Å². The molecule has 0 saturated carbocycles. The van der Waals surface area contributed by atoms with Crippen LogP contribution in [0.5, 0.6) is 11.5 Å². The van der Waals surface area contributed by atoms with Gasteiger partial charge in [-0.25, -0.2) is 0 Å². The first-order valence-corrected chi connectivity index (χ1v) is 7.43. The molecule has 2 aromatic rings. The van der Waals surface area contributed by atoms with Gasteiger partial charge in [-0.05, 0) is 31.2 Å². The van der Waals surface area contributed by atoms with Crippen molar-refractivity contribution in [3.8, 4) is 22.8 Å². The normalized spacial score (nSPS) is 14.0. The first-order valence-electron chi connectivity index (χ1n) is 7.43. The predicted molar refractivity (Wildman–Crippen MR) is 79.5 cm³/mol. The van der Waals surface area contributed by atoms with Crippen molar-refractivity contribution in [2.45, 2.75) is 26.3 Å². The molecule has 3 rings (SSSR count). The summed E-state index contributed by atoms with van der Waals surface area (Å²) in [6.07, 6.45) is 2.01. The number of ether oxygens (including phenoxy) is 2. The molecule has 0 amide bonds. The van der Waals surface area contributed by atoms with Crippen LogP contribution in [0.15, 0.2) is 28.8 Å². The predicted octanol–water partition coefficient (Wildman–Crippen LogP) is 3.00. The molecule has 0 aliphatic carbocycles. The Hall–Kier alpha value is -2.01. The van der Waals surface area contributed by atoms with E-state index in [4.69, 9.17) is 14.0 Å². The summed E-state index contributed by atoms with van der Waals surface area (Å²) >= 11 is 0. The topological polar surface area (TPSA) is 56.5 Å². The van der Waals surface area contributed by atoms with Crippen LogP contribution in [0.1, 0.15) is 25.5 Å². The fourth-order valence-electron chi connectivity index (χ4n) is 2.24. The molecule has 0 atom stereocenters. The van der Waals surface area contributed by atoms with Crippen LogP contribution in [0, 0.1) is 0 Å². The minimum Gasteiger partial charge on any atom is -0.490 e. The molecule has 1 aromatic heterocycles. The van der Waals surface area contributed by atoms with Crippen molar-refractivity contribution < 1.29 is 14.0 Å². The van der Waals surface area contributed by atoms with Gasteiger partial charge >= 0.3 is 0 Å². The molecule has 0 bridgehead atoms. The summed E-state index contributed by atoms with van der Waals surface area (Å²) < 4.78 is 16.7. The largest absolute Gasteiger partial charge is 0.490 e. The fraction of sp³-hybridized carbons (Fsp3) is 0.438. The zero-order chi connectivity index (χ0) is 14.5. The number of nitrogens with zero attached hydrogens (tertiary/aromatic N) is 1. The highest BCUT2D eigenvalue weighted by molar-refractivity contribution is 5.62. The highest BCUT2D eigenvalue weighted by Gasteiger charge is 2.13. The number of benzene rings is 1. The lowest BCUT2D eigenvalue weighted by atomic mass is 10.1. The third kappa shape index (κ3) is 3.36. The summed E-state index contributed by atoms with van der Waals surface area (Å²) in [4.78, 5) is 0. The summed E-state index contributed by atoms with van der Waals surface area (Å²) in [5, 5.41) is 7.39. The summed E-state index contributed by atoms with van der Waals surface area (Å²) in [6.45, 7) is 5.22. The van der Waals surface area contributed by atoms with Crippen LogP contribution in [0.2, 0.25) is 0 Å². The van der Waals surface area contributed by atoms with E-state index in [-0.39, 0.29) is 0 Å². The SMILES string of the molecule is CCCNCc1cc(-c2ccc3c(c2)OCCCO3)on1. The second-order valence-corrected chi connectivity index (χ2v) is 5.07. The van der Waals surface area contributed by atoms with Crippen LogP contribution in [-0.2, 0) is 6.54 Å². The van der Waals surface area contributed by atoms with Crippen LogP contribution in [0.3, 0.4) is 0 Å². The van der Waals surface area contributed by atoms with E-state index < -0.39 is 0 Å². The molecule has 1 N–H and O–H groups in total. The van der Waals surface area contributed by atoms with E-state index in [2.05, 4.69) is 17.4 Å². The Morgan fingerprint density at radius 3 is 2.86 bits per heavy atom. The Bertz CT molecular complexity index is 595. The third-order valence-corrected chi connectivity index (χ3v) is 3.32. The molecular weight excluding hydrogens is 268 g/mol. The molecule has 1 aliphatic heterocycles. The van der Waals surface area contributed by atoms with Crippen molar-refractivity contribution in [3.05, 3.63) is 30.0 Å². The molecule has 0 saturated heterocycles. The highest BCUT2D eigenvalue weighted by Crippen LogP contribution is 2.34. The summed E-state index contributed by atoms with van der Waals surface area (Å²) in [6, 6.07) is 7.80. The van der Waals surface area contributed by atoms with E-state index in [1.807, 2.05) is 24.3 Å². The zero-order valence-corrected chi connectivity index (χ0v) is 12.2. The molecule has 2 heterocycles. The van der Waals surface area contributed by atoms with Gasteiger partial charge in [-0.1, -0.05) is 12.1 Å². The lowest BCUT2D eigenvalue weighted by molar-refractivity contribution is 0.297. The van der Waals surface area contributed by atoms with Gasteiger partial charge in [-0.15, -0.1) is 0 Å². The minimum absolute atomic E-state index is 0.680. The Labute approximate surface area is 124 Å². The van der Waals surface area contributed by atoms with Gasteiger partial charge in [-0.2, -0.15) is 0 Å². The molecule has 1 aromatic carbocycles. The maximum absolute atomic E-state index is 5.70. The number of nitrogens with one attached hydrogen (secondary N) is 1. The van der Waals surface area contributed by atoms with E-state index in [0.717, 1.165) is 54.4 Å². The van der Waals surface area contributed by atoms with Gasteiger partial charge < -0.3 is 19.3 Å². The van der Waals surface area contributed by atoms with Crippen LogP contribution in [0.4, 0.5) is 0 Å². The van der Waals surface area contributed by atoms with Gasteiger partial charge in [0.2, 0.25) is 0 Å². The van der Waals surface area contributed by atoms with Crippen LogP contribution in [-0.4, -0.2) is 24.9 Å². The summed E-state index contributed by atoms with van der Waals surface area (Å²) in [7, 11) is 0. The van der Waals surface area contributed by atoms with E-state index in [9.17, 15) is 0 Å². The molecule has 0 spiro atoms. The molecular formula is C16H20N2O3. The standard InChI is InChI=1S/C16H20N2O3/c1-2-6-17-11-13-10-15(21-18-13)12-4-5-14-16(9-12)20-8-3-7-19-14/h4-5,9-10,17H,2-3,6-8,11H2,1H3. The van der Waals surface area contributed by atoms with Crippen LogP contribution in [0.25, 0.3) is 11.3 Å². The molecule has 5 nitrogen and oxygen atoms in total. The Kier molecular flexibility index (Phi) is 4.40. The van der Waals surface area contributed by atoms with Crippen molar-refractivity contribution in [1.82, 2.24) is 10.5 Å². The van der Waals surface area contributed by atoms with E-state index in [1.165, 1.54) is 0 Å². The Morgan fingerprint density at radius 2 is 2.00 bits per heavy atom. The molecule has 0 radical (unpaired) electrons. The van der Waals surface area contributed by atoms with Gasteiger partial charge in [0.05, 0.1) is 18.9 Å². The average Bonchev–Trinajstić information content (AvgIpc) is 2.85. The van der Waals surface area contributed by atoms with Gasteiger partial charge in [0.1, 0.15) is 0 Å². The smallest absolute Gasteiger partial charge is 0.167 e. The van der Waals surface area contributed by atoms with Crippen molar-refractivity contribution in [1.29, 1.82) is 0 Å². The molecule has 5 heteroatoms. The van der Waals surface area contributed by atoms with Crippen molar-refractivity contribution in [2.24, 2.45) is 0 Å². The number of hydrogen-bond acceptors (Lipinski definition) is 5. The number of hydrogen-bond donors (Lipinski definition) is 1. The molecule has 21 heavy (non-hydrogen) atoms. The lowest BCUT2D eigenvalue weighted by Crippen LogP contribution is -2.13. The van der Waals surface area contributed by atoms with Gasteiger partial charge in [0.25, 0.3) is 0 Å². The maximum atomic E-state index is 5.70. The van der Waals surface area contributed by atoms with E-state index in [0.29, 0.717) is 13.2 Å². The monoisotopic (exact) mass is 288 g/mol. The Balaban J connectivity index is 1.76. The molecule has 0 fully saturated rings.